The number of hydrogen-bond donors (Lipinski definition) is 1. The van der Waals surface area contributed by atoms with Crippen molar-refractivity contribution in [3.63, 3.8) is 0 Å². The largest absolute Gasteiger partial charge is 0.481 e. The quantitative estimate of drug-likeness (QED) is 0.232. The molecule has 0 spiro atoms. The van der Waals surface area contributed by atoms with E-state index in [0.717, 1.165) is 12.8 Å². The second-order valence-corrected chi connectivity index (χ2v) is 8.64. The zero-order chi connectivity index (χ0) is 20.1. The zero-order valence-electron chi connectivity index (χ0n) is 18.6. The topological polar surface area (TPSA) is 37.3 Å². The van der Waals surface area contributed by atoms with Gasteiger partial charge in [-0.1, -0.05) is 105 Å². The monoisotopic (exact) mass is 368 g/mol. The third-order valence-corrected chi connectivity index (χ3v) is 4.71. The Morgan fingerprint density at radius 1 is 0.731 bits per heavy atom. The Bertz CT molecular complexity index is 313. The number of carboxylic acids is 1. The first-order chi connectivity index (χ1) is 12.3. The normalized spacial score (nSPS) is 11.4. The SMILES string of the molecule is CCC(C)(C)C.CCCCCCCC/C=C\CCCCCCCC(=O)O. The standard InChI is InChI=1S/C18H34O2.C6H14/c1-2-3-4-5-6-7-8-9-10-11-12-13-14-15-16-17-18(19)20;1-5-6(2,3)4/h9-10H,2-8,11-17H2,1H3,(H,19,20);5H2,1-4H3/b10-9-;. The number of rotatable bonds is 15. The number of unbranched alkanes of at least 4 members (excludes halogenated alkanes) is 11. The van der Waals surface area contributed by atoms with Crippen molar-refractivity contribution < 1.29 is 9.90 Å². The Balaban J connectivity index is 0. The molecule has 0 unspecified atom stereocenters. The molecule has 2 heteroatoms. The molecule has 0 saturated heterocycles. The number of aliphatic carboxylic acids is 1. The Hall–Kier alpha value is -0.790. The maximum Gasteiger partial charge on any atom is 0.303 e. The Morgan fingerprint density at radius 3 is 1.50 bits per heavy atom. The first-order valence-electron chi connectivity index (χ1n) is 11.2. The van der Waals surface area contributed by atoms with Gasteiger partial charge in [0.15, 0.2) is 0 Å². The molecule has 0 amide bonds. The summed E-state index contributed by atoms with van der Waals surface area (Å²) in [6.45, 7) is 11.2. The van der Waals surface area contributed by atoms with E-state index in [1.54, 1.807) is 0 Å². The number of hydrogen-bond acceptors (Lipinski definition) is 1. The molecular weight excluding hydrogens is 320 g/mol. The Morgan fingerprint density at radius 2 is 1.12 bits per heavy atom. The molecule has 0 aromatic heterocycles. The second-order valence-electron chi connectivity index (χ2n) is 8.64. The van der Waals surface area contributed by atoms with Gasteiger partial charge in [0.05, 0.1) is 0 Å². The van der Waals surface area contributed by atoms with Crippen LogP contribution in [0.1, 0.15) is 131 Å². The minimum atomic E-state index is -0.664. The molecule has 0 bridgehead atoms. The fourth-order valence-corrected chi connectivity index (χ4v) is 2.35. The van der Waals surface area contributed by atoms with Crippen LogP contribution < -0.4 is 0 Å². The van der Waals surface area contributed by atoms with Crippen molar-refractivity contribution in [3.8, 4) is 0 Å². The third-order valence-electron chi connectivity index (χ3n) is 4.71. The lowest BCUT2D eigenvalue weighted by molar-refractivity contribution is -0.137. The molecule has 1 N–H and O–H groups in total. The molecule has 0 fully saturated rings. The van der Waals surface area contributed by atoms with Crippen LogP contribution in [0.15, 0.2) is 12.2 Å². The summed E-state index contributed by atoms with van der Waals surface area (Å²) in [7, 11) is 0. The van der Waals surface area contributed by atoms with Crippen molar-refractivity contribution in [2.24, 2.45) is 5.41 Å². The van der Waals surface area contributed by atoms with Crippen LogP contribution in [0.2, 0.25) is 0 Å². The van der Waals surface area contributed by atoms with Gasteiger partial charge in [-0.15, -0.1) is 0 Å². The summed E-state index contributed by atoms with van der Waals surface area (Å²) < 4.78 is 0. The van der Waals surface area contributed by atoms with Crippen LogP contribution >= 0.6 is 0 Å². The summed E-state index contributed by atoms with van der Waals surface area (Å²) in [4.78, 5) is 10.3. The molecule has 0 rings (SSSR count). The van der Waals surface area contributed by atoms with Gasteiger partial charge in [0, 0.05) is 6.42 Å². The van der Waals surface area contributed by atoms with E-state index in [1.807, 2.05) is 0 Å². The van der Waals surface area contributed by atoms with Crippen LogP contribution in [-0.2, 0) is 4.79 Å². The van der Waals surface area contributed by atoms with Gasteiger partial charge in [-0.05, 0) is 37.5 Å². The van der Waals surface area contributed by atoms with E-state index in [4.69, 9.17) is 5.11 Å². The van der Waals surface area contributed by atoms with Gasteiger partial charge < -0.3 is 5.11 Å². The van der Waals surface area contributed by atoms with Crippen molar-refractivity contribution in [1.29, 1.82) is 0 Å². The first kappa shape index (κ1) is 27.4. The van der Waals surface area contributed by atoms with Gasteiger partial charge in [0.2, 0.25) is 0 Å². The lowest BCUT2D eigenvalue weighted by atomic mass is 9.94. The van der Waals surface area contributed by atoms with Crippen LogP contribution in [-0.4, -0.2) is 11.1 Å². The van der Waals surface area contributed by atoms with Gasteiger partial charge in [-0.25, -0.2) is 0 Å². The molecule has 0 aliphatic heterocycles. The van der Waals surface area contributed by atoms with Crippen molar-refractivity contribution in [1.82, 2.24) is 0 Å². The van der Waals surface area contributed by atoms with Crippen LogP contribution in [0.25, 0.3) is 0 Å². The van der Waals surface area contributed by atoms with E-state index < -0.39 is 5.97 Å². The van der Waals surface area contributed by atoms with Gasteiger partial charge in [-0.2, -0.15) is 0 Å². The molecule has 0 aliphatic rings. The predicted molar refractivity (Wildman–Crippen MR) is 117 cm³/mol. The van der Waals surface area contributed by atoms with Gasteiger partial charge in [0.25, 0.3) is 0 Å². The summed E-state index contributed by atoms with van der Waals surface area (Å²) in [5.41, 5.74) is 0.542. The van der Waals surface area contributed by atoms with Crippen molar-refractivity contribution in [3.05, 3.63) is 12.2 Å². The number of carboxylic acid groups (broad SMARTS) is 1. The van der Waals surface area contributed by atoms with E-state index in [2.05, 4.69) is 46.8 Å². The summed E-state index contributed by atoms with van der Waals surface area (Å²) in [5.74, 6) is -0.664. The average Bonchev–Trinajstić information content (AvgIpc) is 2.58. The molecule has 0 atom stereocenters. The molecule has 0 radical (unpaired) electrons. The highest BCUT2D eigenvalue weighted by Crippen LogP contribution is 2.16. The molecule has 0 aromatic rings. The third kappa shape index (κ3) is 31.0. The lowest BCUT2D eigenvalue weighted by Crippen LogP contribution is -2.00. The van der Waals surface area contributed by atoms with Crippen molar-refractivity contribution in [2.45, 2.75) is 131 Å². The molecule has 2 nitrogen and oxygen atoms in total. The molecule has 0 aromatic carbocycles. The van der Waals surface area contributed by atoms with Crippen LogP contribution in [0, 0.1) is 5.41 Å². The van der Waals surface area contributed by atoms with Crippen LogP contribution in [0.4, 0.5) is 0 Å². The molecule has 0 aliphatic carbocycles. The van der Waals surface area contributed by atoms with E-state index in [0.29, 0.717) is 11.8 Å². The van der Waals surface area contributed by atoms with E-state index in [9.17, 15) is 4.79 Å². The highest BCUT2D eigenvalue weighted by molar-refractivity contribution is 5.66. The first-order valence-corrected chi connectivity index (χ1v) is 11.2. The van der Waals surface area contributed by atoms with E-state index in [-0.39, 0.29) is 0 Å². The lowest BCUT2D eigenvalue weighted by Gasteiger charge is -2.12. The zero-order valence-corrected chi connectivity index (χ0v) is 18.6. The summed E-state index contributed by atoms with van der Waals surface area (Å²) >= 11 is 0. The van der Waals surface area contributed by atoms with E-state index >= 15 is 0 Å². The molecule has 0 saturated carbocycles. The van der Waals surface area contributed by atoms with Gasteiger partial charge in [-0.3, -0.25) is 4.79 Å². The molecular formula is C24H48O2. The van der Waals surface area contributed by atoms with E-state index in [1.165, 1.54) is 77.0 Å². The maximum atomic E-state index is 10.3. The Labute approximate surface area is 164 Å². The second kappa shape index (κ2) is 20.5. The number of carbonyl (C=O) groups is 1. The van der Waals surface area contributed by atoms with Crippen LogP contribution in [0.3, 0.4) is 0 Å². The van der Waals surface area contributed by atoms with Gasteiger partial charge >= 0.3 is 5.97 Å². The van der Waals surface area contributed by atoms with Crippen molar-refractivity contribution in [2.75, 3.05) is 0 Å². The smallest absolute Gasteiger partial charge is 0.303 e. The minimum absolute atomic E-state index is 0.332. The molecule has 0 heterocycles. The van der Waals surface area contributed by atoms with Crippen LogP contribution in [0.5, 0.6) is 0 Å². The maximum absolute atomic E-state index is 10.3. The Kier molecular flexibility index (Phi) is 21.6. The summed E-state index contributed by atoms with van der Waals surface area (Å²) in [6, 6.07) is 0. The number of allylic oxidation sites excluding steroid dienone is 2. The predicted octanol–water partition coefficient (Wildman–Crippen LogP) is 8.55. The molecule has 156 valence electrons. The summed E-state index contributed by atoms with van der Waals surface area (Å²) in [5, 5.41) is 8.51. The average molecular weight is 369 g/mol. The summed E-state index contributed by atoms with van der Waals surface area (Å²) in [6.07, 6.45) is 22.5. The highest BCUT2D eigenvalue weighted by Gasteiger charge is 2.03. The fraction of sp³-hybridized carbons (Fsp3) is 0.875. The minimum Gasteiger partial charge on any atom is -0.481 e. The van der Waals surface area contributed by atoms with Crippen molar-refractivity contribution >= 4 is 5.97 Å². The molecule has 26 heavy (non-hydrogen) atoms. The van der Waals surface area contributed by atoms with Gasteiger partial charge in [0.1, 0.15) is 0 Å². The fourth-order valence-electron chi connectivity index (χ4n) is 2.35. The highest BCUT2D eigenvalue weighted by atomic mass is 16.4.